The van der Waals surface area contributed by atoms with E-state index in [-0.39, 0.29) is 35.2 Å². The summed E-state index contributed by atoms with van der Waals surface area (Å²) in [5, 5.41) is 12.3. The van der Waals surface area contributed by atoms with Gasteiger partial charge in [-0.1, -0.05) is 6.08 Å². The van der Waals surface area contributed by atoms with Crippen molar-refractivity contribution in [3.05, 3.63) is 53.6 Å². The van der Waals surface area contributed by atoms with E-state index in [1.807, 2.05) is 13.0 Å². The van der Waals surface area contributed by atoms with Gasteiger partial charge in [-0.2, -0.15) is 13.2 Å². The molecule has 2 aromatic heterocycles. The zero-order chi connectivity index (χ0) is 28.0. The third-order valence-electron chi connectivity index (χ3n) is 4.61. The Kier molecular flexibility index (Phi) is 12.5. The molecule has 0 atom stereocenters. The molecule has 0 aliphatic carbocycles. The number of carbonyl (C=O) groups is 1. The molecule has 0 fully saturated rings. The molecular weight excluding hydrogens is 489 g/mol. The normalized spacial score (nSPS) is 10.7. The predicted octanol–water partition coefficient (Wildman–Crippen LogP) is 3.79. The number of halogens is 3. The fourth-order valence-electron chi connectivity index (χ4n) is 2.96. The summed E-state index contributed by atoms with van der Waals surface area (Å²) in [6.07, 6.45) is 8.12. The fourth-order valence-corrected chi connectivity index (χ4v) is 2.96. The number of amides is 1. The average Bonchev–Trinajstić information content (AvgIpc) is 3.33. The van der Waals surface area contributed by atoms with Crippen LogP contribution in [0.5, 0.6) is 5.75 Å². The zero-order valence-electron chi connectivity index (χ0n) is 20.6. The van der Waals surface area contributed by atoms with Crippen molar-refractivity contribution in [2.75, 3.05) is 27.2 Å². The van der Waals surface area contributed by atoms with Gasteiger partial charge in [-0.25, -0.2) is 9.97 Å². The molecule has 5 N–H and O–H groups in total. The van der Waals surface area contributed by atoms with Crippen LogP contribution in [-0.2, 0) is 12.7 Å². The summed E-state index contributed by atoms with van der Waals surface area (Å²) in [5.74, 6) is -0.0919. The van der Waals surface area contributed by atoms with Crippen molar-refractivity contribution >= 4 is 23.0 Å². The molecule has 0 aliphatic rings. The van der Waals surface area contributed by atoms with Crippen molar-refractivity contribution < 1.29 is 27.1 Å². The molecule has 0 spiro atoms. The van der Waals surface area contributed by atoms with Crippen LogP contribution in [0.3, 0.4) is 0 Å². The van der Waals surface area contributed by atoms with Crippen LogP contribution in [0.15, 0.2) is 40.8 Å². The predicted molar refractivity (Wildman–Crippen MR) is 136 cm³/mol. The molecule has 37 heavy (non-hydrogen) atoms. The van der Waals surface area contributed by atoms with E-state index in [1.165, 1.54) is 25.5 Å². The van der Waals surface area contributed by atoms with Gasteiger partial charge >= 0.3 is 6.18 Å². The van der Waals surface area contributed by atoms with Crippen LogP contribution >= 0.6 is 0 Å². The number of carbonyl (C=O) groups excluding carboxylic acids is 1. The standard InChI is InChI=1S/C19H20F3N5O3.C4H7N.C2H2/c1-24-7-8-25-17(28)16-13(9-23)30-18(27-16)11-3-5-12(29-2)15-10(11)4-6-14(26-15)19(20,21)22;1-2-3-4-5;1-2/h3-6,24H,7-9,23H2,1-2H3,(H,25,28);2-5H,1H3;1-2H/b;3-2-,5-4?;. The van der Waals surface area contributed by atoms with E-state index in [9.17, 15) is 18.0 Å². The number of benzene rings is 1. The quantitative estimate of drug-likeness (QED) is 0.202. The van der Waals surface area contributed by atoms with E-state index in [0.717, 1.165) is 6.07 Å². The molecular formula is C25H29F3N6O3. The van der Waals surface area contributed by atoms with Crippen molar-refractivity contribution in [2.24, 2.45) is 5.73 Å². The number of likely N-dealkylation sites (N-methyl/N-ethyl adjacent to an activating group) is 1. The number of hydrogen-bond donors (Lipinski definition) is 4. The van der Waals surface area contributed by atoms with Gasteiger partial charge in [0.15, 0.2) is 11.5 Å². The number of methoxy groups -OCH3 is 1. The van der Waals surface area contributed by atoms with Gasteiger partial charge in [0, 0.05) is 30.3 Å². The second-order valence-corrected chi connectivity index (χ2v) is 6.95. The number of terminal acetylenes is 1. The zero-order valence-corrected chi connectivity index (χ0v) is 20.6. The number of aromatic nitrogens is 2. The van der Waals surface area contributed by atoms with Gasteiger partial charge in [-0.15, -0.1) is 12.8 Å². The molecule has 2 heterocycles. The molecule has 0 aliphatic heterocycles. The number of hydrogen-bond acceptors (Lipinski definition) is 8. The van der Waals surface area contributed by atoms with Crippen LogP contribution in [0.4, 0.5) is 13.2 Å². The molecule has 3 rings (SSSR count). The number of alkyl halides is 3. The highest BCUT2D eigenvalue weighted by molar-refractivity contribution is 5.98. The van der Waals surface area contributed by atoms with Gasteiger partial charge < -0.3 is 30.9 Å². The van der Waals surface area contributed by atoms with E-state index in [0.29, 0.717) is 24.0 Å². The molecule has 0 saturated heterocycles. The molecule has 0 radical (unpaired) electrons. The lowest BCUT2D eigenvalue weighted by molar-refractivity contribution is -0.140. The maximum absolute atomic E-state index is 13.1. The van der Waals surface area contributed by atoms with Crippen molar-refractivity contribution in [2.45, 2.75) is 19.6 Å². The topological polar surface area (TPSA) is 139 Å². The lowest BCUT2D eigenvalue weighted by atomic mass is 10.1. The second-order valence-electron chi connectivity index (χ2n) is 6.95. The Labute approximate surface area is 212 Å². The first-order chi connectivity index (χ1) is 17.7. The van der Waals surface area contributed by atoms with Gasteiger partial charge in [-0.3, -0.25) is 4.79 Å². The SMILES string of the molecule is C#C.C/C=C\C=N.CNCCNC(=O)c1nc(-c2ccc(OC)c3nc(C(F)(F)F)ccc23)oc1CN. The van der Waals surface area contributed by atoms with Gasteiger partial charge in [0.2, 0.25) is 5.89 Å². The summed E-state index contributed by atoms with van der Waals surface area (Å²) in [6, 6.07) is 5.17. The Morgan fingerprint density at radius 1 is 1.22 bits per heavy atom. The number of fused-ring (bicyclic) bond motifs is 1. The Balaban J connectivity index is 0.000000874. The Morgan fingerprint density at radius 3 is 2.43 bits per heavy atom. The Morgan fingerprint density at radius 2 is 1.92 bits per heavy atom. The van der Waals surface area contributed by atoms with Crippen molar-refractivity contribution in [3.63, 3.8) is 0 Å². The minimum absolute atomic E-state index is 0.00246. The van der Waals surface area contributed by atoms with Crippen molar-refractivity contribution in [1.29, 1.82) is 5.41 Å². The Bertz CT molecular complexity index is 1240. The summed E-state index contributed by atoms with van der Waals surface area (Å²) in [4.78, 5) is 20.3. The van der Waals surface area contributed by atoms with Crippen molar-refractivity contribution in [3.8, 4) is 30.1 Å². The number of oxazole rings is 1. The van der Waals surface area contributed by atoms with Gasteiger partial charge in [0.25, 0.3) is 5.91 Å². The van der Waals surface area contributed by atoms with E-state index < -0.39 is 17.8 Å². The van der Waals surface area contributed by atoms with Gasteiger partial charge in [-0.05, 0) is 44.3 Å². The molecule has 3 aromatic rings. The lowest BCUT2D eigenvalue weighted by Gasteiger charge is -2.11. The highest BCUT2D eigenvalue weighted by Gasteiger charge is 2.33. The van der Waals surface area contributed by atoms with E-state index in [2.05, 4.69) is 33.4 Å². The van der Waals surface area contributed by atoms with Crippen LogP contribution in [0.2, 0.25) is 0 Å². The number of ether oxygens (including phenoxy) is 1. The molecule has 12 heteroatoms. The van der Waals surface area contributed by atoms with E-state index in [4.69, 9.17) is 20.3 Å². The smallest absolute Gasteiger partial charge is 0.433 e. The number of nitrogens with one attached hydrogen (secondary N) is 3. The highest BCUT2D eigenvalue weighted by atomic mass is 19.4. The highest BCUT2D eigenvalue weighted by Crippen LogP contribution is 2.36. The van der Waals surface area contributed by atoms with Crippen LogP contribution < -0.4 is 21.1 Å². The summed E-state index contributed by atoms with van der Waals surface area (Å²) < 4.78 is 50.1. The summed E-state index contributed by atoms with van der Waals surface area (Å²) in [5.41, 5.74) is 5.00. The molecule has 1 amide bonds. The van der Waals surface area contributed by atoms with Crippen LogP contribution in [0, 0.1) is 18.3 Å². The largest absolute Gasteiger partial charge is 0.494 e. The molecule has 0 bridgehead atoms. The number of allylic oxidation sites excluding steroid dienone is 2. The number of pyridine rings is 1. The first kappa shape index (κ1) is 30.8. The first-order valence-electron chi connectivity index (χ1n) is 10.8. The minimum atomic E-state index is -4.61. The number of nitrogens with two attached hydrogens (primary N) is 1. The third kappa shape index (κ3) is 8.16. The van der Waals surface area contributed by atoms with Crippen LogP contribution in [-0.4, -0.2) is 49.3 Å². The minimum Gasteiger partial charge on any atom is -0.494 e. The van der Waals surface area contributed by atoms with Crippen LogP contribution in [0.1, 0.15) is 28.9 Å². The monoisotopic (exact) mass is 518 g/mol. The molecule has 0 saturated carbocycles. The van der Waals surface area contributed by atoms with Gasteiger partial charge in [0.05, 0.1) is 13.7 Å². The third-order valence-corrected chi connectivity index (χ3v) is 4.61. The average molecular weight is 519 g/mol. The number of nitrogens with zero attached hydrogens (tertiary/aromatic N) is 2. The summed E-state index contributed by atoms with van der Waals surface area (Å²) in [7, 11) is 3.08. The molecule has 9 nitrogen and oxygen atoms in total. The maximum Gasteiger partial charge on any atom is 0.433 e. The van der Waals surface area contributed by atoms with Crippen LogP contribution in [0.25, 0.3) is 22.4 Å². The molecule has 198 valence electrons. The second kappa shape index (κ2) is 15.0. The summed E-state index contributed by atoms with van der Waals surface area (Å²) >= 11 is 0. The maximum atomic E-state index is 13.1. The molecule has 1 aromatic carbocycles. The van der Waals surface area contributed by atoms with Gasteiger partial charge in [0.1, 0.15) is 17.0 Å². The Hall–Kier alpha value is -4.21. The van der Waals surface area contributed by atoms with E-state index in [1.54, 1.807) is 19.2 Å². The summed E-state index contributed by atoms with van der Waals surface area (Å²) in [6.45, 7) is 2.74. The van der Waals surface area contributed by atoms with Crippen molar-refractivity contribution in [1.82, 2.24) is 20.6 Å². The molecule has 0 unspecified atom stereocenters. The lowest BCUT2D eigenvalue weighted by Crippen LogP contribution is -2.31. The first-order valence-corrected chi connectivity index (χ1v) is 10.8. The fraction of sp³-hybridized carbons (Fsp3) is 0.280. The van der Waals surface area contributed by atoms with E-state index >= 15 is 0 Å². The number of rotatable bonds is 8.